The predicted molar refractivity (Wildman–Crippen MR) is 177 cm³/mol. The van der Waals surface area contributed by atoms with E-state index in [1.807, 2.05) is 104 Å². The molecule has 0 spiro atoms. The highest BCUT2D eigenvalue weighted by Gasteiger charge is 2.24. The van der Waals surface area contributed by atoms with Gasteiger partial charge in [0.1, 0.15) is 11.2 Å². The molecule has 0 N–H and O–H groups in total. The van der Waals surface area contributed by atoms with Gasteiger partial charge in [-0.15, -0.1) is 0 Å². The van der Waals surface area contributed by atoms with Crippen molar-refractivity contribution in [3.8, 4) is 11.1 Å². The second-order valence-electron chi connectivity index (χ2n) is 12.7. The molecule has 246 valence electrons. The van der Waals surface area contributed by atoms with E-state index in [0.717, 1.165) is 16.7 Å². The highest BCUT2D eigenvalue weighted by molar-refractivity contribution is 6.33. The van der Waals surface area contributed by atoms with Crippen molar-refractivity contribution < 1.29 is 28.5 Å². The molecule has 0 saturated heterocycles. The predicted octanol–water partition coefficient (Wildman–Crippen LogP) is 8.94. The van der Waals surface area contributed by atoms with E-state index in [-0.39, 0.29) is 18.5 Å². The van der Waals surface area contributed by atoms with Crippen LogP contribution in [0.4, 0.5) is 9.59 Å². The molecule has 0 heterocycles. The average molecular weight is 633 g/mol. The Hall–Kier alpha value is -2.81. The van der Waals surface area contributed by atoms with E-state index in [1.54, 1.807) is 9.80 Å². The van der Waals surface area contributed by atoms with Gasteiger partial charge in [0, 0.05) is 56.4 Å². The van der Waals surface area contributed by atoms with E-state index >= 15 is 0 Å². The van der Waals surface area contributed by atoms with Gasteiger partial charge in [-0.05, 0) is 91.8 Å². The Kier molecular flexibility index (Phi) is 15.5. The number of halogens is 1. The number of hydrogen-bond acceptors (Lipinski definition) is 6. The Morgan fingerprint density at radius 1 is 0.750 bits per heavy atom. The van der Waals surface area contributed by atoms with E-state index in [2.05, 4.69) is 0 Å². The molecule has 0 aliphatic carbocycles. The molecule has 0 bridgehead atoms. The van der Waals surface area contributed by atoms with Crippen LogP contribution in [0, 0.1) is 0 Å². The molecule has 9 heteroatoms. The third-order valence-electron chi connectivity index (χ3n) is 6.47. The monoisotopic (exact) mass is 632 g/mol. The number of rotatable bonds is 16. The summed E-state index contributed by atoms with van der Waals surface area (Å²) in [6.07, 6.45) is 1.73. The maximum Gasteiger partial charge on any atom is 0.410 e. The topological polar surface area (TPSA) is 77.5 Å². The standard InChI is InChI=1S/C35H53ClN2O6/c1-9-41-31(42-10-2)19-16-24-37(32(39)43-34(3,4)5)22-14-15-23-38(33(40)44-35(6,7)8)26-27-20-21-29(30(36)25-27)28-17-12-11-13-18-28/h11-13,17-18,20-21,25,31H,9-10,14-16,19,22-24,26H2,1-8H3. The lowest BCUT2D eigenvalue weighted by molar-refractivity contribution is -0.140. The first kappa shape index (κ1) is 37.4. The number of ether oxygens (including phenoxy) is 4. The van der Waals surface area contributed by atoms with Crippen molar-refractivity contribution in [3.63, 3.8) is 0 Å². The van der Waals surface area contributed by atoms with Crippen LogP contribution in [-0.4, -0.2) is 72.3 Å². The summed E-state index contributed by atoms with van der Waals surface area (Å²) in [6, 6.07) is 15.9. The summed E-state index contributed by atoms with van der Waals surface area (Å²) in [7, 11) is 0. The first-order valence-corrected chi connectivity index (χ1v) is 16.1. The van der Waals surface area contributed by atoms with Crippen molar-refractivity contribution in [1.82, 2.24) is 9.80 Å². The smallest absolute Gasteiger partial charge is 0.410 e. The van der Waals surface area contributed by atoms with E-state index in [9.17, 15) is 9.59 Å². The number of amides is 2. The van der Waals surface area contributed by atoms with E-state index < -0.39 is 11.2 Å². The summed E-state index contributed by atoms with van der Waals surface area (Å²) in [6.45, 7) is 18.0. The molecule has 0 saturated carbocycles. The lowest BCUT2D eigenvalue weighted by Gasteiger charge is -2.29. The molecule has 2 amide bonds. The first-order chi connectivity index (χ1) is 20.7. The third kappa shape index (κ3) is 14.3. The van der Waals surface area contributed by atoms with Crippen molar-refractivity contribution in [1.29, 1.82) is 0 Å². The Bertz CT molecular complexity index is 1140. The summed E-state index contributed by atoms with van der Waals surface area (Å²) in [5.74, 6) is 0. The Morgan fingerprint density at radius 2 is 1.27 bits per heavy atom. The Balaban J connectivity index is 2.07. The fourth-order valence-corrected chi connectivity index (χ4v) is 4.86. The van der Waals surface area contributed by atoms with Gasteiger partial charge in [0.25, 0.3) is 0 Å². The maximum absolute atomic E-state index is 13.2. The molecule has 0 aliphatic heterocycles. The fourth-order valence-electron chi connectivity index (χ4n) is 4.55. The van der Waals surface area contributed by atoms with Gasteiger partial charge in [-0.2, -0.15) is 0 Å². The molecule has 2 rings (SSSR count). The highest BCUT2D eigenvalue weighted by Crippen LogP contribution is 2.29. The summed E-state index contributed by atoms with van der Waals surface area (Å²) in [5, 5.41) is 0.627. The van der Waals surface area contributed by atoms with Gasteiger partial charge in [0.2, 0.25) is 0 Å². The molecule has 0 fully saturated rings. The summed E-state index contributed by atoms with van der Waals surface area (Å²) < 4.78 is 22.7. The van der Waals surface area contributed by atoms with Crippen LogP contribution in [0.15, 0.2) is 48.5 Å². The van der Waals surface area contributed by atoms with Crippen LogP contribution in [0.2, 0.25) is 5.02 Å². The lowest BCUT2D eigenvalue weighted by atomic mass is 10.0. The minimum Gasteiger partial charge on any atom is -0.444 e. The van der Waals surface area contributed by atoms with Crippen molar-refractivity contribution in [2.24, 2.45) is 0 Å². The Labute approximate surface area is 269 Å². The number of carbonyl (C=O) groups excluding carboxylic acids is 2. The van der Waals surface area contributed by atoms with Crippen LogP contribution < -0.4 is 0 Å². The minimum absolute atomic E-state index is 0.289. The fraction of sp³-hybridized carbons (Fsp3) is 0.600. The zero-order valence-electron chi connectivity index (χ0n) is 28.0. The molecule has 8 nitrogen and oxygen atoms in total. The van der Waals surface area contributed by atoms with Crippen LogP contribution in [0.5, 0.6) is 0 Å². The van der Waals surface area contributed by atoms with Gasteiger partial charge in [0.05, 0.1) is 0 Å². The molecule has 0 aliphatic rings. The van der Waals surface area contributed by atoms with Crippen LogP contribution in [0.3, 0.4) is 0 Å². The van der Waals surface area contributed by atoms with Crippen LogP contribution >= 0.6 is 11.6 Å². The van der Waals surface area contributed by atoms with Gasteiger partial charge in [-0.1, -0.05) is 54.1 Å². The van der Waals surface area contributed by atoms with Gasteiger partial charge >= 0.3 is 12.2 Å². The van der Waals surface area contributed by atoms with Gasteiger partial charge in [-0.3, -0.25) is 0 Å². The molecule has 2 aromatic carbocycles. The van der Waals surface area contributed by atoms with Crippen molar-refractivity contribution in [3.05, 3.63) is 59.1 Å². The van der Waals surface area contributed by atoms with E-state index in [0.29, 0.717) is 70.1 Å². The van der Waals surface area contributed by atoms with Crippen molar-refractivity contribution >= 4 is 23.8 Å². The SMILES string of the molecule is CCOC(CCCN(CCCCN(Cc1ccc(-c2ccccc2)c(Cl)c1)C(=O)OC(C)(C)C)C(=O)OC(C)(C)C)OCC. The van der Waals surface area contributed by atoms with E-state index in [4.69, 9.17) is 30.5 Å². The number of benzene rings is 2. The highest BCUT2D eigenvalue weighted by atomic mass is 35.5. The second-order valence-corrected chi connectivity index (χ2v) is 13.1. The maximum atomic E-state index is 13.2. The minimum atomic E-state index is -0.626. The molecule has 0 radical (unpaired) electrons. The molecule has 0 unspecified atom stereocenters. The largest absolute Gasteiger partial charge is 0.444 e. The van der Waals surface area contributed by atoms with Crippen LogP contribution in [-0.2, 0) is 25.5 Å². The molecular weight excluding hydrogens is 580 g/mol. The van der Waals surface area contributed by atoms with Gasteiger partial charge < -0.3 is 28.7 Å². The quantitative estimate of drug-likeness (QED) is 0.136. The third-order valence-corrected chi connectivity index (χ3v) is 6.79. The van der Waals surface area contributed by atoms with Crippen molar-refractivity contribution in [2.45, 2.75) is 105 Å². The zero-order valence-corrected chi connectivity index (χ0v) is 28.7. The number of carbonyl (C=O) groups is 2. The van der Waals surface area contributed by atoms with Crippen molar-refractivity contribution in [2.75, 3.05) is 32.8 Å². The zero-order chi connectivity index (χ0) is 32.8. The summed E-state index contributed by atoms with van der Waals surface area (Å²) in [5.41, 5.74) is 1.66. The first-order valence-electron chi connectivity index (χ1n) is 15.7. The second kappa shape index (κ2) is 18.2. The number of hydrogen-bond donors (Lipinski definition) is 0. The average Bonchev–Trinajstić information content (AvgIpc) is 2.92. The van der Waals surface area contributed by atoms with Gasteiger partial charge in [-0.25, -0.2) is 9.59 Å². The van der Waals surface area contributed by atoms with Crippen LogP contribution in [0.1, 0.15) is 86.6 Å². The van der Waals surface area contributed by atoms with E-state index in [1.165, 1.54) is 0 Å². The van der Waals surface area contributed by atoms with Crippen LogP contribution in [0.25, 0.3) is 11.1 Å². The summed E-state index contributed by atoms with van der Waals surface area (Å²) in [4.78, 5) is 29.7. The Morgan fingerprint density at radius 3 is 1.80 bits per heavy atom. The molecule has 2 aromatic rings. The molecule has 0 aromatic heterocycles. The van der Waals surface area contributed by atoms with Gasteiger partial charge in [0.15, 0.2) is 6.29 Å². The number of unbranched alkanes of at least 4 members (excludes halogenated alkanes) is 1. The molecular formula is C35H53ClN2O6. The molecule has 44 heavy (non-hydrogen) atoms. The number of nitrogens with zero attached hydrogens (tertiary/aromatic N) is 2. The summed E-state index contributed by atoms with van der Waals surface area (Å²) >= 11 is 6.67. The normalized spacial score (nSPS) is 11.9. The molecule has 0 atom stereocenters. The lowest BCUT2D eigenvalue weighted by Crippen LogP contribution is -2.39.